The van der Waals surface area contributed by atoms with E-state index in [1.165, 1.54) is 24.3 Å². The van der Waals surface area contributed by atoms with Crippen LogP contribution in [0.2, 0.25) is 10.0 Å². The lowest BCUT2D eigenvalue weighted by Gasteiger charge is -2.12. The Morgan fingerprint density at radius 3 is 2.46 bits per heavy atom. The highest BCUT2D eigenvalue weighted by molar-refractivity contribution is 7.89. The average Bonchev–Trinajstić information content (AvgIpc) is 3.52. The molecular formula is C29H21Cl2N3O6S. The minimum Gasteiger partial charge on any atom is -0.457 e. The lowest BCUT2D eigenvalue weighted by Crippen LogP contribution is -2.21. The first-order valence-electron chi connectivity index (χ1n) is 12.1. The lowest BCUT2D eigenvalue weighted by atomic mass is 10.1. The SMILES string of the molecule is CC1=NN(c2ccc(S(N)(=O)=O)cc2)C(=O)/C1=C\c1ccc(-c2ccc(Cl)c(C(=O)OCc3ccccc3Cl)c2)o1. The summed E-state index contributed by atoms with van der Waals surface area (Å²) in [5.41, 5.74) is 2.51. The standard InChI is InChI=1S/C29H21Cl2N3O6S/c1-17-23(28(35)34(33-17)20-7-10-22(11-8-20)41(32,37)38)15-21-9-13-27(40-21)18-6-12-26(31)24(14-18)29(36)39-16-19-4-2-3-5-25(19)30/h2-15H,16H2,1H3,(H2,32,37,38)/b23-15-. The summed E-state index contributed by atoms with van der Waals surface area (Å²) in [6, 6.07) is 20.7. The molecule has 9 nitrogen and oxygen atoms in total. The van der Waals surface area contributed by atoms with Gasteiger partial charge >= 0.3 is 5.97 Å². The molecule has 12 heteroatoms. The molecule has 0 atom stereocenters. The van der Waals surface area contributed by atoms with Crippen LogP contribution in [0.5, 0.6) is 0 Å². The Morgan fingerprint density at radius 2 is 1.76 bits per heavy atom. The third-order valence-electron chi connectivity index (χ3n) is 6.17. The van der Waals surface area contributed by atoms with Crippen molar-refractivity contribution in [2.45, 2.75) is 18.4 Å². The minimum atomic E-state index is -3.87. The predicted molar refractivity (Wildman–Crippen MR) is 156 cm³/mol. The quantitative estimate of drug-likeness (QED) is 0.200. The van der Waals surface area contributed by atoms with Crippen molar-refractivity contribution in [1.29, 1.82) is 0 Å². The summed E-state index contributed by atoms with van der Waals surface area (Å²) in [6.07, 6.45) is 1.55. The molecule has 0 fully saturated rings. The van der Waals surface area contributed by atoms with E-state index in [0.717, 1.165) is 5.01 Å². The summed E-state index contributed by atoms with van der Waals surface area (Å²) < 4.78 is 34.4. The third kappa shape index (κ3) is 6.10. The van der Waals surface area contributed by atoms with E-state index < -0.39 is 21.9 Å². The molecule has 0 radical (unpaired) electrons. The molecule has 41 heavy (non-hydrogen) atoms. The van der Waals surface area contributed by atoms with Crippen LogP contribution < -0.4 is 10.1 Å². The van der Waals surface area contributed by atoms with Crippen LogP contribution in [0.3, 0.4) is 0 Å². The molecule has 0 bridgehead atoms. The number of rotatable bonds is 7. The Labute approximate surface area is 245 Å². The van der Waals surface area contributed by atoms with E-state index >= 15 is 0 Å². The molecule has 0 aliphatic carbocycles. The van der Waals surface area contributed by atoms with Crippen molar-refractivity contribution in [3.8, 4) is 11.3 Å². The smallest absolute Gasteiger partial charge is 0.340 e. The van der Waals surface area contributed by atoms with Gasteiger partial charge in [0.25, 0.3) is 5.91 Å². The summed E-state index contributed by atoms with van der Waals surface area (Å²) in [4.78, 5) is 25.8. The van der Waals surface area contributed by atoms with Crippen molar-refractivity contribution in [3.63, 3.8) is 0 Å². The molecule has 0 saturated heterocycles. The molecule has 1 aromatic heterocycles. The number of hydrogen-bond donors (Lipinski definition) is 1. The van der Waals surface area contributed by atoms with Gasteiger partial charge in [0.1, 0.15) is 18.1 Å². The van der Waals surface area contributed by atoms with Crippen molar-refractivity contribution in [3.05, 3.63) is 111 Å². The fraction of sp³-hybridized carbons (Fsp3) is 0.0690. The number of ether oxygens (including phenoxy) is 1. The largest absolute Gasteiger partial charge is 0.457 e. The van der Waals surface area contributed by atoms with Crippen LogP contribution in [0.15, 0.2) is 98.8 Å². The van der Waals surface area contributed by atoms with Crippen LogP contribution in [0.25, 0.3) is 17.4 Å². The number of primary sulfonamides is 1. The zero-order valence-electron chi connectivity index (χ0n) is 21.4. The first-order valence-corrected chi connectivity index (χ1v) is 14.4. The lowest BCUT2D eigenvalue weighted by molar-refractivity contribution is -0.114. The minimum absolute atomic E-state index is 0.0141. The molecule has 1 aliphatic heterocycles. The predicted octanol–water partition coefficient (Wildman–Crippen LogP) is 6.06. The highest BCUT2D eigenvalue weighted by Gasteiger charge is 2.29. The normalized spacial score (nSPS) is 14.4. The maximum absolute atomic E-state index is 13.1. The van der Waals surface area contributed by atoms with E-state index in [0.29, 0.717) is 44.6 Å². The Bertz CT molecular complexity index is 1850. The van der Waals surface area contributed by atoms with E-state index in [1.54, 1.807) is 67.6 Å². The Hall–Kier alpha value is -4.22. The van der Waals surface area contributed by atoms with Crippen molar-refractivity contribution in [2.75, 3.05) is 5.01 Å². The van der Waals surface area contributed by atoms with E-state index in [1.807, 2.05) is 0 Å². The number of furan rings is 1. The summed E-state index contributed by atoms with van der Waals surface area (Å²) in [6.45, 7) is 1.66. The molecule has 5 rings (SSSR count). The molecule has 2 N–H and O–H groups in total. The first kappa shape index (κ1) is 28.3. The second kappa shape index (κ2) is 11.3. The number of amides is 1. The van der Waals surface area contributed by atoms with Gasteiger partial charge in [-0.05, 0) is 73.7 Å². The Kier molecular flexibility index (Phi) is 7.83. The van der Waals surface area contributed by atoms with Gasteiger partial charge in [-0.2, -0.15) is 10.1 Å². The number of halogens is 2. The van der Waals surface area contributed by atoms with Crippen LogP contribution >= 0.6 is 23.2 Å². The van der Waals surface area contributed by atoms with Crippen LogP contribution in [0.4, 0.5) is 5.69 Å². The van der Waals surface area contributed by atoms with Gasteiger partial charge in [-0.25, -0.2) is 18.4 Å². The summed E-state index contributed by atoms with van der Waals surface area (Å²) >= 11 is 12.4. The van der Waals surface area contributed by atoms with Gasteiger partial charge in [-0.15, -0.1) is 0 Å². The Morgan fingerprint density at radius 1 is 1.02 bits per heavy atom. The number of sulfonamides is 1. The summed E-state index contributed by atoms with van der Waals surface area (Å²) in [7, 11) is -3.87. The third-order valence-corrected chi connectivity index (χ3v) is 7.80. The fourth-order valence-corrected chi connectivity index (χ4v) is 4.94. The number of esters is 1. The number of carbonyl (C=O) groups excluding carboxylic acids is 2. The molecule has 0 unspecified atom stereocenters. The second-order valence-electron chi connectivity index (χ2n) is 8.96. The van der Waals surface area contributed by atoms with Gasteiger partial charge in [-0.3, -0.25) is 4.79 Å². The molecule has 1 aliphatic rings. The van der Waals surface area contributed by atoms with E-state index in [9.17, 15) is 18.0 Å². The molecule has 2 heterocycles. The molecule has 3 aromatic carbocycles. The van der Waals surface area contributed by atoms with Crippen molar-refractivity contribution in [2.24, 2.45) is 10.2 Å². The van der Waals surface area contributed by atoms with Crippen LogP contribution in [-0.4, -0.2) is 26.0 Å². The van der Waals surface area contributed by atoms with Gasteiger partial charge in [0.15, 0.2) is 0 Å². The Balaban J connectivity index is 1.33. The zero-order valence-corrected chi connectivity index (χ0v) is 23.7. The van der Waals surface area contributed by atoms with Crippen molar-refractivity contribution < 1.29 is 27.2 Å². The highest BCUT2D eigenvalue weighted by Crippen LogP contribution is 2.30. The monoisotopic (exact) mass is 609 g/mol. The summed E-state index contributed by atoms with van der Waals surface area (Å²) in [5.74, 6) is -0.226. The van der Waals surface area contributed by atoms with Gasteiger partial charge < -0.3 is 9.15 Å². The number of anilines is 1. The van der Waals surface area contributed by atoms with Crippen LogP contribution in [0, 0.1) is 0 Å². The molecule has 1 amide bonds. The van der Waals surface area contributed by atoms with E-state index in [2.05, 4.69) is 5.10 Å². The molecule has 4 aromatic rings. The maximum Gasteiger partial charge on any atom is 0.340 e. The average molecular weight is 610 g/mol. The second-order valence-corrected chi connectivity index (χ2v) is 11.3. The van der Waals surface area contributed by atoms with Gasteiger partial charge in [0.2, 0.25) is 10.0 Å². The van der Waals surface area contributed by atoms with E-state index in [-0.39, 0.29) is 22.1 Å². The molecule has 208 valence electrons. The van der Waals surface area contributed by atoms with Gasteiger partial charge in [-0.1, -0.05) is 41.4 Å². The number of hydrogen-bond acceptors (Lipinski definition) is 7. The number of hydrazone groups is 1. The van der Waals surface area contributed by atoms with Crippen LogP contribution in [-0.2, 0) is 26.2 Å². The number of nitrogens with zero attached hydrogens (tertiary/aromatic N) is 2. The molecule has 0 spiro atoms. The topological polar surface area (TPSA) is 132 Å². The first-order chi connectivity index (χ1) is 19.5. The molecular weight excluding hydrogens is 589 g/mol. The van der Waals surface area contributed by atoms with Gasteiger partial charge in [0, 0.05) is 16.1 Å². The number of benzene rings is 3. The fourth-order valence-electron chi connectivity index (χ4n) is 4.04. The van der Waals surface area contributed by atoms with E-state index in [4.69, 9.17) is 37.5 Å². The zero-order chi connectivity index (χ0) is 29.3. The number of carbonyl (C=O) groups is 2. The highest BCUT2D eigenvalue weighted by atomic mass is 35.5. The van der Waals surface area contributed by atoms with Crippen molar-refractivity contribution >= 4 is 62.6 Å². The molecule has 0 saturated carbocycles. The maximum atomic E-state index is 13.1. The van der Waals surface area contributed by atoms with Gasteiger partial charge in [0.05, 0.1) is 32.5 Å². The number of nitrogens with two attached hydrogens (primary N) is 1. The summed E-state index contributed by atoms with van der Waals surface area (Å²) in [5, 5.41) is 11.3. The van der Waals surface area contributed by atoms with Crippen LogP contribution in [0.1, 0.15) is 28.6 Å². The van der Waals surface area contributed by atoms with Crippen molar-refractivity contribution in [1.82, 2.24) is 0 Å².